The lowest BCUT2D eigenvalue weighted by Crippen LogP contribution is -2.19. The second-order valence-corrected chi connectivity index (χ2v) is 6.90. The molecule has 4 aromatic rings. The molecule has 138 valence electrons. The van der Waals surface area contributed by atoms with Gasteiger partial charge in [-0.05, 0) is 36.4 Å². The van der Waals surface area contributed by atoms with Gasteiger partial charge in [-0.25, -0.2) is 9.67 Å². The van der Waals surface area contributed by atoms with Crippen LogP contribution in [0.4, 0.5) is 5.13 Å². The average Bonchev–Trinajstić information content (AvgIpc) is 3.32. The Labute approximate surface area is 164 Å². The fourth-order valence-electron chi connectivity index (χ4n) is 2.50. The monoisotopic (exact) mass is 390 g/mol. The predicted octanol–water partition coefficient (Wildman–Crippen LogP) is 2.98. The lowest BCUT2D eigenvalue weighted by molar-refractivity contribution is -0.116. The molecular weight excluding hydrogens is 376 g/mol. The molecule has 1 amide bonds. The van der Waals surface area contributed by atoms with Crippen molar-refractivity contribution in [2.24, 2.45) is 0 Å². The van der Waals surface area contributed by atoms with Crippen LogP contribution < -0.4 is 10.1 Å². The Balaban J connectivity index is 1.32. The molecule has 0 atom stereocenters. The van der Waals surface area contributed by atoms with Gasteiger partial charge >= 0.3 is 0 Å². The van der Waals surface area contributed by atoms with Crippen LogP contribution in [0.15, 0.2) is 54.7 Å². The number of fused-ring (bicyclic) bond motifs is 1. The Morgan fingerprint density at radius 2 is 2.04 bits per heavy atom. The van der Waals surface area contributed by atoms with Gasteiger partial charge in [0.05, 0.1) is 28.0 Å². The summed E-state index contributed by atoms with van der Waals surface area (Å²) in [5.74, 6) is 0.394. The van der Waals surface area contributed by atoms with E-state index in [1.807, 2.05) is 24.3 Å². The van der Waals surface area contributed by atoms with Gasteiger partial charge in [-0.1, -0.05) is 28.7 Å². The van der Waals surface area contributed by atoms with E-state index in [1.54, 1.807) is 30.5 Å². The minimum Gasteiger partial charge on any atom is -0.487 e. The maximum absolute atomic E-state index is 12.2. The number of nitrogens with zero attached hydrogens (tertiary/aromatic N) is 5. The number of nitriles is 1. The first-order chi connectivity index (χ1) is 13.7. The minimum absolute atomic E-state index is 0.0276. The molecule has 2 aromatic carbocycles. The number of aromatic nitrogens is 4. The first kappa shape index (κ1) is 17.6. The van der Waals surface area contributed by atoms with Gasteiger partial charge < -0.3 is 10.1 Å². The highest BCUT2D eigenvalue weighted by molar-refractivity contribution is 7.22. The number of para-hydroxylation sites is 1. The minimum atomic E-state index is -0.233. The molecule has 0 fully saturated rings. The summed E-state index contributed by atoms with van der Waals surface area (Å²) in [6.07, 6.45) is 1.65. The molecule has 8 nitrogen and oxygen atoms in total. The van der Waals surface area contributed by atoms with E-state index in [-0.39, 0.29) is 19.1 Å². The van der Waals surface area contributed by atoms with E-state index in [0.717, 1.165) is 10.2 Å². The van der Waals surface area contributed by atoms with Gasteiger partial charge in [-0.3, -0.25) is 4.79 Å². The Morgan fingerprint density at radius 1 is 1.21 bits per heavy atom. The van der Waals surface area contributed by atoms with E-state index in [2.05, 4.69) is 26.7 Å². The standard InChI is InChI=1S/C19H14N6O2S/c20-9-13-5-7-15(8-6-13)27-12-14-10-25(24-23-14)11-18(26)22-19-21-16-3-1-2-4-17(16)28-19/h1-8,10H,11-12H2,(H,21,22,26). The van der Waals surface area contributed by atoms with Crippen LogP contribution >= 0.6 is 11.3 Å². The molecule has 4 rings (SSSR count). The number of rotatable bonds is 6. The number of ether oxygens (including phenoxy) is 1. The van der Waals surface area contributed by atoms with Gasteiger partial charge in [0.2, 0.25) is 5.91 Å². The van der Waals surface area contributed by atoms with Crippen molar-refractivity contribution < 1.29 is 9.53 Å². The Kier molecular flexibility index (Phi) is 4.95. The van der Waals surface area contributed by atoms with Gasteiger partial charge in [0, 0.05) is 0 Å². The Bertz CT molecular complexity index is 1130. The second kappa shape index (κ2) is 7.85. The fraction of sp³-hybridized carbons (Fsp3) is 0.105. The predicted molar refractivity (Wildman–Crippen MR) is 104 cm³/mol. The van der Waals surface area contributed by atoms with Crippen molar-refractivity contribution in [2.75, 3.05) is 5.32 Å². The number of benzene rings is 2. The molecule has 0 radical (unpaired) electrons. The summed E-state index contributed by atoms with van der Waals surface area (Å²) in [6, 6.07) is 16.5. The molecule has 0 aliphatic rings. The van der Waals surface area contributed by atoms with Gasteiger partial charge in [0.15, 0.2) is 5.13 Å². The topological polar surface area (TPSA) is 106 Å². The zero-order valence-corrected chi connectivity index (χ0v) is 15.4. The van der Waals surface area contributed by atoms with Crippen molar-refractivity contribution >= 4 is 32.6 Å². The van der Waals surface area contributed by atoms with Crippen LogP contribution in [-0.2, 0) is 17.9 Å². The van der Waals surface area contributed by atoms with Crippen molar-refractivity contribution in [1.82, 2.24) is 20.0 Å². The highest BCUT2D eigenvalue weighted by Gasteiger charge is 2.10. The molecule has 2 heterocycles. The first-order valence-corrected chi connectivity index (χ1v) is 9.19. The van der Waals surface area contributed by atoms with Crippen LogP contribution in [0.2, 0.25) is 0 Å². The normalized spacial score (nSPS) is 10.5. The lowest BCUT2D eigenvalue weighted by Gasteiger charge is -2.03. The third-order valence-electron chi connectivity index (χ3n) is 3.80. The molecule has 1 N–H and O–H groups in total. The van der Waals surface area contributed by atoms with E-state index >= 15 is 0 Å². The molecule has 0 aliphatic carbocycles. The molecule has 9 heteroatoms. The molecule has 0 saturated heterocycles. The summed E-state index contributed by atoms with van der Waals surface area (Å²) < 4.78 is 8.06. The van der Waals surface area contributed by atoms with Crippen molar-refractivity contribution in [1.29, 1.82) is 5.26 Å². The zero-order valence-electron chi connectivity index (χ0n) is 14.6. The zero-order chi connectivity index (χ0) is 19.3. The number of carbonyl (C=O) groups excluding carboxylic acids is 1. The molecule has 0 saturated carbocycles. The first-order valence-electron chi connectivity index (χ1n) is 8.37. The van der Waals surface area contributed by atoms with Crippen LogP contribution in [0, 0.1) is 11.3 Å². The van der Waals surface area contributed by atoms with E-state index in [1.165, 1.54) is 16.0 Å². The van der Waals surface area contributed by atoms with Crippen molar-refractivity contribution in [3.63, 3.8) is 0 Å². The quantitative estimate of drug-likeness (QED) is 0.542. The number of anilines is 1. The summed E-state index contributed by atoms with van der Waals surface area (Å²) >= 11 is 1.42. The smallest absolute Gasteiger partial charge is 0.247 e. The Morgan fingerprint density at radius 3 is 2.82 bits per heavy atom. The van der Waals surface area contributed by atoms with Crippen LogP contribution in [0.25, 0.3) is 10.2 Å². The molecular formula is C19H14N6O2S. The van der Waals surface area contributed by atoms with Crippen molar-refractivity contribution in [3.8, 4) is 11.8 Å². The number of thiazole rings is 1. The number of hydrogen-bond acceptors (Lipinski definition) is 7. The molecule has 2 aromatic heterocycles. The van der Waals surface area contributed by atoms with Crippen molar-refractivity contribution in [3.05, 3.63) is 66.0 Å². The van der Waals surface area contributed by atoms with Crippen LogP contribution in [0.5, 0.6) is 5.75 Å². The highest BCUT2D eigenvalue weighted by Crippen LogP contribution is 2.25. The third kappa shape index (κ3) is 4.13. The van der Waals surface area contributed by atoms with Crippen molar-refractivity contribution in [2.45, 2.75) is 13.2 Å². The van der Waals surface area contributed by atoms with Crippen LogP contribution in [0.1, 0.15) is 11.3 Å². The fourth-order valence-corrected chi connectivity index (χ4v) is 3.38. The third-order valence-corrected chi connectivity index (χ3v) is 4.75. The highest BCUT2D eigenvalue weighted by atomic mass is 32.1. The molecule has 0 bridgehead atoms. The summed E-state index contributed by atoms with van der Waals surface area (Å²) in [6.45, 7) is 0.241. The van der Waals surface area contributed by atoms with E-state index in [0.29, 0.717) is 22.1 Å². The summed E-state index contributed by atoms with van der Waals surface area (Å²) in [7, 11) is 0. The van der Waals surface area contributed by atoms with Crippen LogP contribution in [0.3, 0.4) is 0 Å². The number of carbonyl (C=O) groups is 1. The van der Waals surface area contributed by atoms with E-state index in [9.17, 15) is 4.79 Å². The van der Waals surface area contributed by atoms with Gasteiger partial charge in [0.25, 0.3) is 0 Å². The number of nitrogens with one attached hydrogen (secondary N) is 1. The maximum Gasteiger partial charge on any atom is 0.247 e. The van der Waals surface area contributed by atoms with Gasteiger partial charge in [-0.2, -0.15) is 5.26 Å². The largest absolute Gasteiger partial charge is 0.487 e. The van der Waals surface area contributed by atoms with Crippen LogP contribution in [-0.4, -0.2) is 25.9 Å². The van der Waals surface area contributed by atoms with Gasteiger partial charge in [-0.15, -0.1) is 5.10 Å². The molecule has 0 unspecified atom stereocenters. The number of hydrogen-bond donors (Lipinski definition) is 1. The summed E-state index contributed by atoms with van der Waals surface area (Å²) in [5, 5.41) is 20.1. The second-order valence-electron chi connectivity index (χ2n) is 5.87. The molecule has 0 spiro atoms. The maximum atomic E-state index is 12.2. The summed E-state index contributed by atoms with van der Waals surface area (Å²) in [5.41, 5.74) is 2.01. The number of amides is 1. The Hall–Kier alpha value is -3.77. The van der Waals surface area contributed by atoms with E-state index in [4.69, 9.17) is 10.00 Å². The van der Waals surface area contributed by atoms with Gasteiger partial charge in [0.1, 0.15) is 24.6 Å². The average molecular weight is 390 g/mol. The molecule has 28 heavy (non-hydrogen) atoms. The van der Waals surface area contributed by atoms with E-state index < -0.39 is 0 Å². The SMILES string of the molecule is N#Cc1ccc(OCc2cn(CC(=O)Nc3nc4ccccc4s3)nn2)cc1. The lowest BCUT2D eigenvalue weighted by atomic mass is 10.2. The summed E-state index contributed by atoms with van der Waals surface area (Å²) in [4.78, 5) is 16.6. The molecule has 0 aliphatic heterocycles.